The van der Waals surface area contributed by atoms with E-state index in [1.165, 1.54) is 0 Å². The molecule has 4 heteroatoms. The van der Waals surface area contributed by atoms with Gasteiger partial charge in [0.25, 0.3) is 0 Å². The van der Waals surface area contributed by atoms with Crippen molar-refractivity contribution in [2.75, 3.05) is 25.0 Å². The highest BCUT2D eigenvalue weighted by atomic mass is 35.5. The van der Waals surface area contributed by atoms with Crippen LogP contribution in [0, 0.1) is 0 Å². The molecule has 0 aliphatic rings. The molecule has 2 aromatic carbocycles. The van der Waals surface area contributed by atoms with Crippen molar-refractivity contribution in [2.24, 2.45) is 0 Å². The van der Waals surface area contributed by atoms with Crippen LogP contribution in [0.1, 0.15) is 25.7 Å². The van der Waals surface area contributed by atoms with Crippen LogP contribution in [0.25, 0.3) is 11.1 Å². The third-order valence-electron chi connectivity index (χ3n) is 3.62. The molecule has 0 N–H and O–H groups in total. The predicted molar refractivity (Wildman–Crippen MR) is 103 cm³/mol. The van der Waals surface area contributed by atoms with Crippen molar-refractivity contribution in [1.29, 1.82) is 0 Å². The molecular weight excluding hydrogens is 343 g/mol. The van der Waals surface area contributed by atoms with Gasteiger partial charge in [-0.15, -0.1) is 23.2 Å². The van der Waals surface area contributed by atoms with Gasteiger partial charge in [-0.25, -0.2) is 0 Å². The Morgan fingerprint density at radius 3 is 2.04 bits per heavy atom. The van der Waals surface area contributed by atoms with Gasteiger partial charge in [-0.2, -0.15) is 0 Å². The Bertz CT molecular complexity index is 587. The molecule has 0 unspecified atom stereocenters. The fraction of sp³-hybridized carbons (Fsp3) is 0.400. The molecule has 130 valence electrons. The largest absolute Gasteiger partial charge is 0.494 e. The first-order valence-electron chi connectivity index (χ1n) is 8.42. The molecule has 0 fully saturated rings. The molecule has 2 rings (SSSR count). The first-order valence-corrected chi connectivity index (χ1v) is 9.49. The quantitative estimate of drug-likeness (QED) is 0.350. The van der Waals surface area contributed by atoms with Crippen LogP contribution in [-0.2, 0) is 0 Å². The van der Waals surface area contributed by atoms with E-state index in [-0.39, 0.29) is 0 Å². The van der Waals surface area contributed by atoms with Crippen LogP contribution < -0.4 is 9.47 Å². The van der Waals surface area contributed by atoms with Gasteiger partial charge in [0.05, 0.1) is 13.2 Å². The molecule has 0 heterocycles. The highest BCUT2D eigenvalue weighted by Crippen LogP contribution is 2.33. The van der Waals surface area contributed by atoms with Crippen molar-refractivity contribution in [3.8, 4) is 22.6 Å². The Kier molecular flexibility index (Phi) is 8.86. The number of ether oxygens (including phenoxy) is 2. The van der Waals surface area contributed by atoms with E-state index in [1.807, 2.05) is 36.4 Å². The summed E-state index contributed by atoms with van der Waals surface area (Å²) in [6.07, 6.45) is 3.84. The Morgan fingerprint density at radius 2 is 1.38 bits per heavy atom. The lowest BCUT2D eigenvalue weighted by atomic mass is 10.0. The number of unbranched alkanes of at least 4 members (excludes halogenated alkanes) is 2. The summed E-state index contributed by atoms with van der Waals surface area (Å²) < 4.78 is 11.8. The van der Waals surface area contributed by atoms with Crippen LogP contribution in [0.3, 0.4) is 0 Å². The summed E-state index contributed by atoms with van der Waals surface area (Å²) in [6, 6.07) is 16.2. The minimum absolute atomic E-state index is 0.669. The van der Waals surface area contributed by atoms with Gasteiger partial charge in [-0.3, -0.25) is 0 Å². The minimum Gasteiger partial charge on any atom is -0.494 e. The lowest BCUT2D eigenvalue weighted by Gasteiger charge is -2.14. The van der Waals surface area contributed by atoms with Crippen molar-refractivity contribution >= 4 is 23.2 Å². The minimum atomic E-state index is 0.669. The monoisotopic (exact) mass is 366 g/mol. The summed E-state index contributed by atoms with van der Waals surface area (Å²) in [5.74, 6) is 3.08. The average Bonchev–Trinajstić information content (AvgIpc) is 2.64. The van der Waals surface area contributed by atoms with Gasteiger partial charge in [-0.1, -0.05) is 30.3 Å². The molecule has 0 bridgehead atoms. The number of halogens is 2. The van der Waals surface area contributed by atoms with Crippen molar-refractivity contribution in [3.63, 3.8) is 0 Å². The standard InChI is InChI=1S/C20H24Cl2O2/c21-12-4-6-14-23-18-10-11-20(24-15-7-5-13-22)19(16-18)17-8-2-1-3-9-17/h1-3,8-11,16H,4-7,12-15H2. The van der Waals surface area contributed by atoms with Crippen LogP contribution in [0.15, 0.2) is 48.5 Å². The maximum absolute atomic E-state index is 5.96. The van der Waals surface area contributed by atoms with Crippen molar-refractivity contribution in [3.05, 3.63) is 48.5 Å². The van der Waals surface area contributed by atoms with Crippen LogP contribution >= 0.6 is 23.2 Å². The molecule has 0 saturated carbocycles. The molecule has 0 saturated heterocycles. The highest BCUT2D eigenvalue weighted by Gasteiger charge is 2.08. The van der Waals surface area contributed by atoms with E-state index in [0.717, 1.165) is 48.3 Å². The Balaban J connectivity index is 2.11. The number of benzene rings is 2. The fourth-order valence-electron chi connectivity index (χ4n) is 2.33. The molecule has 0 aliphatic carbocycles. The summed E-state index contributed by atoms with van der Waals surface area (Å²) in [5, 5.41) is 0. The summed E-state index contributed by atoms with van der Waals surface area (Å²) in [4.78, 5) is 0. The van der Waals surface area contributed by atoms with Crippen LogP contribution in [0.5, 0.6) is 11.5 Å². The Morgan fingerprint density at radius 1 is 0.708 bits per heavy atom. The van der Waals surface area contributed by atoms with Crippen LogP contribution in [0.4, 0.5) is 0 Å². The second-order valence-electron chi connectivity index (χ2n) is 5.51. The van der Waals surface area contributed by atoms with Gasteiger partial charge < -0.3 is 9.47 Å². The zero-order chi connectivity index (χ0) is 17.0. The molecule has 2 nitrogen and oxygen atoms in total. The first-order chi connectivity index (χ1) is 11.8. The number of hydrogen-bond donors (Lipinski definition) is 0. The van der Waals surface area contributed by atoms with E-state index in [0.29, 0.717) is 25.0 Å². The zero-order valence-electron chi connectivity index (χ0n) is 13.8. The molecule has 0 radical (unpaired) electrons. The maximum Gasteiger partial charge on any atom is 0.127 e. The summed E-state index contributed by atoms with van der Waals surface area (Å²) in [7, 11) is 0. The van der Waals surface area contributed by atoms with E-state index >= 15 is 0 Å². The average molecular weight is 367 g/mol. The lowest BCUT2D eigenvalue weighted by Crippen LogP contribution is -2.01. The lowest BCUT2D eigenvalue weighted by molar-refractivity contribution is 0.302. The van der Waals surface area contributed by atoms with Gasteiger partial charge in [0.1, 0.15) is 11.5 Å². The second kappa shape index (κ2) is 11.2. The number of alkyl halides is 2. The van der Waals surface area contributed by atoms with E-state index in [1.54, 1.807) is 0 Å². The van der Waals surface area contributed by atoms with Crippen molar-refractivity contribution in [2.45, 2.75) is 25.7 Å². The molecule has 0 spiro atoms. The van der Waals surface area contributed by atoms with Gasteiger partial charge in [0.15, 0.2) is 0 Å². The van der Waals surface area contributed by atoms with Crippen molar-refractivity contribution in [1.82, 2.24) is 0 Å². The first kappa shape index (κ1) is 19.0. The van der Waals surface area contributed by atoms with Crippen LogP contribution in [-0.4, -0.2) is 25.0 Å². The zero-order valence-corrected chi connectivity index (χ0v) is 15.4. The van der Waals surface area contributed by atoms with Crippen LogP contribution in [0.2, 0.25) is 0 Å². The fourth-order valence-corrected chi connectivity index (χ4v) is 2.71. The van der Waals surface area contributed by atoms with Gasteiger partial charge >= 0.3 is 0 Å². The third kappa shape index (κ3) is 6.26. The molecule has 0 amide bonds. The number of hydrogen-bond acceptors (Lipinski definition) is 2. The SMILES string of the molecule is ClCCCCOc1ccc(OCCCCCl)c(-c2ccccc2)c1. The summed E-state index contributed by atoms with van der Waals surface area (Å²) in [6.45, 7) is 1.35. The van der Waals surface area contributed by atoms with E-state index in [4.69, 9.17) is 32.7 Å². The van der Waals surface area contributed by atoms with Gasteiger partial charge in [0, 0.05) is 17.3 Å². The second-order valence-corrected chi connectivity index (χ2v) is 6.27. The smallest absolute Gasteiger partial charge is 0.127 e. The maximum atomic E-state index is 5.96. The van der Waals surface area contributed by atoms with E-state index in [9.17, 15) is 0 Å². The van der Waals surface area contributed by atoms with Gasteiger partial charge in [0.2, 0.25) is 0 Å². The van der Waals surface area contributed by atoms with E-state index in [2.05, 4.69) is 12.1 Å². The third-order valence-corrected chi connectivity index (χ3v) is 4.15. The molecule has 0 aliphatic heterocycles. The molecule has 2 aromatic rings. The van der Waals surface area contributed by atoms with Gasteiger partial charge in [-0.05, 0) is 49.4 Å². The molecule has 24 heavy (non-hydrogen) atoms. The molecular formula is C20H24Cl2O2. The summed E-state index contributed by atoms with van der Waals surface area (Å²) in [5.41, 5.74) is 2.17. The van der Waals surface area contributed by atoms with Crippen molar-refractivity contribution < 1.29 is 9.47 Å². The van der Waals surface area contributed by atoms with E-state index < -0.39 is 0 Å². The normalized spacial score (nSPS) is 10.6. The Hall–Kier alpha value is -1.38. The Labute approximate surface area is 154 Å². The molecule has 0 atom stereocenters. The number of rotatable bonds is 11. The highest BCUT2D eigenvalue weighted by molar-refractivity contribution is 6.18. The summed E-state index contributed by atoms with van der Waals surface area (Å²) >= 11 is 11.4. The predicted octanol–water partition coefficient (Wildman–Crippen LogP) is 6.15. The topological polar surface area (TPSA) is 18.5 Å². The molecule has 0 aromatic heterocycles.